The number of hydrogen-bond donors (Lipinski definition) is 1. The van der Waals surface area contributed by atoms with E-state index in [1.54, 1.807) is 32.4 Å². The second-order valence-corrected chi connectivity index (χ2v) is 6.54. The molecule has 2 aromatic carbocycles. The molecule has 0 aliphatic rings. The SMILES string of the molecule is CN(C)C(=O)c1ccc(-c2cnc(N)c(-c3nnc(-c4ccccc4)o3)n2)cc1. The number of nitrogen functional groups attached to an aromatic ring is 1. The normalized spacial score (nSPS) is 10.7. The maximum absolute atomic E-state index is 12.0. The van der Waals surface area contributed by atoms with Crippen LogP contribution in [0.15, 0.2) is 65.2 Å². The van der Waals surface area contributed by atoms with Crippen molar-refractivity contribution in [3.05, 3.63) is 66.4 Å². The van der Waals surface area contributed by atoms with Gasteiger partial charge in [0.2, 0.25) is 5.89 Å². The van der Waals surface area contributed by atoms with Crippen molar-refractivity contribution >= 4 is 11.7 Å². The van der Waals surface area contributed by atoms with Crippen molar-refractivity contribution in [2.45, 2.75) is 0 Å². The Balaban J connectivity index is 1.67. The average Bonchev–Trinajstić information content (AvgIpc) is 3.24. The standard InChI is InChI=1S/C21H18N6O2/c1-27(2)21(28)15-10-8-13(9-11-15)16-12-23-18(22)17(24-16)20-26-25-19(29-20)14-6-4-3-5-7-14/h3-12H,1-2H3,(H2,22,23). The van der Waals surface area contributed by atoms with Crippen LogP contribution in [0.3, 0.4) is 0 Å². The molecule has 0 fully saturated rings. The van der Waals surface area contributed by atoms with E-state index in [-0.39, 0.29) is 17.6 Å². The number of aromatic nitrogens is 4. The van der Waals surface area contributed by atoms with Crippen LogP contribution in [0.1, 0.15) is 10.4 Å². The third-order valence-corrected chi connectivity index (χ3v) is 4.28. The van der Waals surface area contributed by atoms with Crippen LogP contribution < -0.4 is 5.73 Å². The van der Waals surface area contributed by atoms with E-state index >= 15 is 0 Å². The van der Waals surface area contributed by atoms with Gasteiger partial charge in [-0.15, -0.1) is 10.2 Å². The Kier molecular flexibility index (Phi) is 4.74. The number of carbonyl (C=O) groups is 1. The van der Waals surface area contributed by atoms with Crippen LogP contribution in [0.25, 0.3) is 34.3 Å². The molecule has 0 bridgehead atoms. The molecular formula is C21H18N6O2. The fourth-order valence-electron chi connectivity index (χ4n) is 2.75. The summed E-state index contributed by atoms with van der Waals surface area (Å²) in [6, 6.07) is 16.5. The first-order valence-corrected chi connectivity index (χ1v) is 8.87. The summed E-state index contributed by atoms with van der Waals surface area (Å²) in [6.07, 6.45) is 1.57. The molecule has 4 aromatic rings. The Morgan fingerprint density at radius 3 is 2.31 bits per heavy atom. The van der Waals surface area contributed by atoms with E-state index in [2.05, 4.69) is 20.2 Å². The molecule has 8 nitrogen and oxygen atoms in total. The van der Waals surface area contributed by atoms with Crippen molar-refractivity contribution < 1.29 is 9.21 Å². The molecule has 0 aliphatic carbocycles. The zero-order valence-corrected chi connectivity index (χ0v) is 15.9. The highest BCUT2D eigenvalue weighted by Crippen LogP contribution is 2.27. The zero-order chi connectivity index (χ0) is 20.4. The van der Waals surface area contributed by atoms with E-state index in [9.17, 15) is 4.79 Å². The molecule has 0 spiro atoms. The molecule has 4 rings (SSSR count). The second-order valence-electron chi connectivity index (χ2n) is 6.54. The minimum Gasteiger partial charge on any atom is -0.414 e. The predicted molar refractivity (Wildman–Crippen MR) is 109 cm³/mol. The summed E-state index contributed by atoms with van der Waals surface area (Å²) in [5.74, 6) is 0.685. The average molecular weight is 386 g/mol. The van der Waals surface area contributed by atoms with Gasteiger partial charge in [0.05, 0.1) is 11.9 Å². The lowest BCUT2D eigenvalue weighted by molar-refractivity contribution is 0.0827. The minimum atomic E-state index is -0.0695. The third-order valence-electron chi connectivity index (χ3n) is 4.28. The van der Waals surface area contributed by atoms with Gasteiger partial charge in [0, 0.05) is 30.8 Å². The van der Waals surface area contributed by atoms with Crippen molar-refractivity contribution in [2.75, 3.05) is 19.8 Å². The molecule has 0 saturated carbocycles. The van der Waals surface area contributed by atoms with Crippen LogP contribution >= 0.6 is 0 Å². The van der Waals surface area contributed by atoms with E-state index in [1.165, 1.54) is 4.90 Å². The van der Waals surface area contributed by atoms with Gasteiger partial charge in [-0.05, 0) is 24.3 Å². The Morgan fingerprint density at radius 2 is 1.62 bits per heavy atom. The molecule has 29 heavy (non-hydrogen) atoms. The first-order chi connectivity index (χ1) is 14.0. The van der Waals surface area contributed by atoms with Crippen LogP contribution in [0, 0.1) is 0 Å². The number of benzene rings is 2. The summed E-state index contributed by atoms with van der Waals surface area (Å²) >= 11 is 0. The van der Waals surface area contributed by atoms with Crippen LogP contribution in [0.5, 0.6) is 0 Å². The van der Waals surface area contributed by atoms with Crippen LogP contribution in [0.4, 0.5) is 5.82 Å². The van der Waals surface area contributed by atoms with E-state index < -0.39 is 0 Å². The number of amides is 1. The van der Waals surface area contributed by atoms with Crippen molar-refractivity contribution in [2.24, 2.45) is 0 Å². The molecule has 0 saturated heterocycles. The molecular weight excluding hydrogens is 368 g/mol. The van der Waals surface area contributed by atoms with Crippen LogP contribution in [-0.4, -0.2) is 45.1 Å². The van der Waals surface area contributed by atoms with Gasteiger partial charge in [-0.2, -0.15) is 0 Å². The second kappa shape index (κ2) is 7.51. The van der Waals surface area contributed by atoms with E-state index in [1.807, 2.05) is 42.5 Å². The summed E-state index contributed by atoms with van der Waals surface area (Å²) in [5.41, 5.74) is 9.06. The molecule has 8 heteroatoms. The number of anilines is 1. The van der Waals surface area contributed by atoms with Gasteiger partial charge in [0.15, 0.2) is 11.5 Å². The predicted octanol–water partition coefficient (Wildman–Crippen LogP) is 3.14. The van der Waals surface area contributed by atoms with Crippen molar-refractivity contribution in [1.29, 1.82) is 0 Å². The Hall–Kier alpha value is -4.07. The van der Waals surface area contributed by atoms with Gasteiger partial charge in [0.25, 0.3) is 11.8 Å². The highest BCUT2D eigenvalue weighted by atomic mass is 16.4. The van der Waals surface area contributed by atoms with Gasteiger partial charge in [-0.1, -0.05) is 30.3 Å². The highest BCUT2D eigenvalue weighted by molar-refractivity contribution is 5.94. The quantitative estimate of drug-likeness (QED) is 0.573. The summed E-state index contributed by atoms with van der Waals surface area (Å²) in [4.78, 5) is 22.3. The Labute approximate surface area is 167 Å². The molecule has 144 valence electrons. The monoisotopic (exact) mass is 386 g/mol. The van der Waals surface area contributed by atoms with Crippen LogP contribution in [0.2, 0.25) is 0 Å². The van der Waals surface area contributed by atoms with Gasteiger partial charge in [0.1, 0.15) is 0 Å². The Bertz CT molecular complexity index is 1150. The lowest BCUT2D eigenvalue weighted by Gasteiger charge is -2.10. The van der Waals surface area contributed by atoms with E-state index in [4.69, 9.17) is 10.2 Å². The van der Waals surface area contributed by atoms with Gasteiger partial charge in [-0.25, -0.2) is 9.97 Å². The highest BCUT2D eigenvalue weighted by Gasteiger charge is 2.17. The number of nitrogens with two attached hydrogens (primary N) is 1. The minimum absolute atomic E-state index is 0.0695. The molecule has 0 atom stereocenters. The summed E-state index contributed by atoms with van der Waals surface area (Å²) in [6.45, 7) is 0. The third kappa shape index (κ3) is 3.68. The van der Waals surface area contributed by atoms with Crippen molar-refractivity contribution in [3.63, 3.8) is 0 Å². The van der Waals surface area contributed by atoms with Gasteiger partial charge >= 0.3 is 0 Å². The lowest BCUT2D eigenvalue weighted by Crippen LogP contribution is -2.21. The maximum atomic E-state index is 12.0. The van der Waals surface area contributed by atoms with Crippen molar-refractivity contribution in [1.82, 2.24) is 25.1 Å². The van der Waals surface area contributed by atoms with Crippen LogP contribution in [-0.2, 0) is 0 Å². The first kappa shape index (κ1) is 18.3. The number of nitrogens with zero attached hydrogens (tertiary/aromatic N) is 5. The van der Waals surface area contributed by atoms with E-state index in [0.717, 1.165) is 11.1 Å². The first-order valence-electron chi connectivity index (χ1n) is 8.87. The lowest BCUT2D eigenvalue weighted by atomic mass is 10.1. The Morgan fingerprint density at radius 1 is 0.931 bits per heavy atom. The summed E-state index contributed by atoms with van der Waals surface area (Å²) in [7, 11) is 3.42. The number of carbonyl (C=O) groups excluding carboxylic acids is 1. The van der Waals surface area contributed by atoms with Gasteiger partial charge < -0.3 is 15.1 Å². The molecule has 0 unspecified atom stereocenters. The molecule has 1 amide bonds. The smallest absolute Gasteiger partial charge is 0.270 e. The summed E-state index contributed by atoms with van der Waals surface area (Å²) < 4.78 is 5.75. The number of hydrogen-bond acceptors (Lipinski definition) is 7. The fourth-order valence-corrected chi connectivity index (χ4v) is 2.75. The van der Waals surface area contributed by atoms with Gasteiger partial charge in [-0.3, -0.25) is 4.79 Å². The van der Waals surface area contributed by atoms with E-state index in [0.29, 0.717) is 22.8 Å². The molecule has 2 aromatic heterocycles. The largest absolute Gasteiger partial charge is 0.414 e. The zero-order valence-electron chi connectivity index (χ0n) is 15.9. The molecule has 0 radical (unpaired) electrons. The topological polar surface area (TPSA) is 111 Å². The summed E-state index contributed by atoms with van der Waals surface area (Å²) in [5, 5.41) is 8.14. The van der Waals surface area contributed by atoms with Crippen molar-refractivity contribution in [3.8, 4) is 34.3 Å². The molecule has 2 heterocycles. The fraction of sp³-hybridized carbons (Fsp3) is 0.0952. The maximum Gasteiger partial charge on any atom is 0.270 e. The number of rotatable bonds is 4. The molecule has 2 N–H and O–H groups in total. The molecule has 0 aliphatic heterocycles.